The molecule has 0 spiro atoms. The van der Waals surface area contributed by atoms with E-state index in [1.54, 1.807) is 6.07 Å². The summed E-state index contributed by atoms with van der Waals surface area (Å²) in [6.45, 7) is 0. The van der Waals surface area contributed by atoms with Crippen molar-refractivity contribution in [1.29, 1.82) is 5.26 Å². The van der Waals surface area contributed by atoms with Gasteiger partial charge in [-0.2, -0.15) is 14.0 Å². The van der Waals surface area contributed by atoms with Gasteiger partial charge in [-0.15, -0.1) is 0 Å². The maximum absolute atomic E-state index is 14.4. The van der Waals surface area contributed by atoms with Crippen molar-refractivity contribution >= 4 is 11.1 Å². The molecule has 0 saturated heterocycles. The van der Waals surface area contributed by atoms with E-state index in [1.165, 1.54) is 0 Å². The van der Waals surface area contributed by atoms with Crippen LogP contribution in [0.1, 0.15) is 34.5 Å². The van der Waals surface area contributed by atoms with Crippen LogP contribution in [0.3, 0.4) is 0 Å². The van der Waals surface area contributed by atoms with Crippen molar-refractivity contribution in [2.75, 3.05) is 0 Å². The van der Waals surface area contributed by atoms with Gasteiger partial charge in [-0.05, 0) is 23.8 Å². The van der Waals surface area contributed by atoms with E-state index in [1.807, 2.05) is 0 Å². The second-order valence-electron chi connectivity index (χ2n) is 5.83. The molecule has 3 atom stereocenters. The topological polar surface area (TPSA) is 93.4 Å². The van der Waals surface area contributed by atoms with Gasteiger partial charge in [-0.25, -0.2) is 8.78 Å². The lowest BCUT2D eigenvalue weighted by molar-refractivity contribution is -0.143. The van der Waals surface area contributed by atoms with E-state index in [-0.39, 0.29) is 16.9 Å². The van der Waals surface area contributed by atoms with Crippen molar-refractivity contribution in [2.45, 2.75) is 24.0 Å². The maximum Gasteiger partial charge on any atom is 0.312 e. The van der Waals surface area contributed by atoms with Gasteiger partial charge < -0.3 is 14.4 Å². The number of rotatable bonds is 4. The van der Waals surface area contributed by atoms with E-state index in [0.29, 0.717) is 0 Å². The van der Waals surface area contributed by atoms with Gasteiger partial charge >= 0.3 is 5.92 Å². The van der Waals surface area contributed by atoms with Crippen LogP contribution in [-0.4, -0.2) is 19.8 Å². The molecule has 1 N–H and O–H groups in total. The van der Waals surface area contributed by atoms with Crippen molar-refractivity contribution in [3.8, 4) is 17.6 Å². The van der Waals surface area contributed by atoms with Crippen LogP contribution in [0.25, 0.3) is 0 Å². The summed E-state index contributed by atoms with van der Waals surface area (Å²) in [6.07, 6.45) is -5.52. The third-order valence-corrected chi connectivity index (χ3v) is 4.62. The molecule has 3 rings (SSSR count). The predicted molar refractivity (Wildman–Crippen MR) is 84.0 cm³/mol. The fraction of sp³-hybridized carbons (Fsp3) is 0.235. The summed E-state index contributed by atoms with van der Waals surface area (Å²) < 4.78 is 83.1. The van der Waals surface area contributed by atoms with Crippen LogP contribution < -0.4 is 4.74 Å². The van der Waals surface area contributed by atoms with E-state index in [2.05, 4.69) is 0 Å². The van der Waals surface area contributed by atoms with Crippen molar-refractivity contribution in [3.63, 3.8) is 0 Å². The van der Waals surface area contributed by atoms with Crippen LogP contribution >= 0.6 is 0 Å². The first-order valence-corrected chi connectivity index (χ1v) is 8.69. The van der Waals surface area contributed by atoms with Gasteiger partial charge in [-0.3, -0.25) is 4.21 Å². The smallest absolute Gasteiger partial charge is 0.312 e. The summed E-state index contributed by atoms with van der Waals surface area (Å²) >= 11 is -2.67. The van der Waals surface area contributed by atoms with Gasteiger partial charge in [0, 0.05) is 22.9 Å². The van der Waals surface area contributed by atoms with Crippen LogP contribution in [0.2, 0.25) is 0 Å². The molecule has 1 unspecified atom stereocenters. The van der Waals surface area contributed by atoms with Gasteiger partial charge in [-0.1, -0.05) is 17.1 Å². The molecule has 0 radical (unpaired) electrons. The van der Waals surface area contributed by atoms with E-state index < -0.39 is 57.7 Å². The first kappa shape index (κ1) is 19.3. The Morgan fingerprint density at radius 1 is 1.30 bits per heavy atom. The molecule has 2 aromatic rings. The average Bonchev–Trinajstić information content (AvgIpc) is 2.77. The van der Waals surface area contributed by atoms with Crippen molar-refractivity contribution in [2.24, 2.45) is 0 Å². The second-order valence-corrected chi connectivity index (χ2v) is 6.72. The minimum absolute atomic E-state index is 0.109. The number of fused-ring (bicyclic) bond motifs is 1. The lowest BCUT2D eigenvalue weighted by atomic mass is 10.0. The molecule has 0 saturated carbocycles. The van der Waals surface area contributed by atoms with Gasteiger partial charge in [0.05, 0.1) is 11.6 Å². The zero-order valence-corrected chi connectivity index (χ0v) is 14.1. The normalized spacial score (nSPS) is 21.4. The van der Waals surface area contributed by atoms with Crippen LogP contribution in [-0.2, 0) is 16.8 Å². The van der Waals surface area contributed by atoms with Gasteiger partial charge in [0.2, 0.25) is 0 Å². The largest absolute Gasteiger partial charge is 0.772 e. The molecule has 1 aliphatic carbocycles. The fourth-order valence-corrected chi connectivity index (χ4v) is 3.43. The average molecular weight is 400 g/mol. The van der Waals surface area contributed by atoms with Crippen LogP contribution in [0, 0.1) is 17.1 Å². The molecule has 1 aliphatic rings. The second kappa shape index (κ2) is 6.92. The number of aliphatic hydroxyl groups is 1. The van der Waals surface area contributed by atoms with E-state index >= 15 is 0 Å². The van der Waals surface area contributed by atoms with E-state index in [4.69, 9.17) is 10.00 Å². The lowest BCUT2D eigenvalue weighted by Crippen LogP contribution is -2.24. The Hall–Kier alpha value is -2.48. The third kappa shape index (κ3) is 3.41. The molecule has 0 aromatic heterocycles. The Morgan fingerprint density at radius 2 is 2.00 bits per heavy atom. The summed E-state index contributed by atoms with van der Waals surface area (Å²) in [5.41, 5.74) is -1.60. The van der Waals surface area contributed by atoms with Gasteiger partial charge in [0.15, 0.2) is 6.17 Å². The SMILES string of the molecule is N#Cc1cc(F)cc(Oc2ccc(CS(=O)[O-])c3c2[C@@H](F)C(F)(F)[C@H]3O)c1. The monoisotopic (exact) mass is 400 g/mol. The number of ether oxygens (including phenoxy) is 1. The molecule has 5 nitrogen and oxygen atoms in total. The summed E-state index contributed by atoms with van der Waals surface area (Å²) in [5.74, 6) is -6.42. The Balaban J connectivity index is 2.13. The number of hydrogen-bond donors (Lipinski definition) is 1. The van der Waals surface area contributed by atoms with E-state index in [0.717, 1.165) is 30.3 Å². The summed E-state index contributed by atoms with van der Waals surface area (Å²) in [7, 11) is 0. The molecular formula is C17H10F4NO4S-. The Morgan fingerprint density at radius 3 is 2.63 bits per heavy atom. The zero-order chi connectivity index (χ0) is 19.9. The van der Waals surface area contributed by atoms with Crippen molar-refractivity contribution < 1.29 is 36.2 Å². The minimum atomic E-state index is -4.19. The third-order valence-electron chi connectivity index (χ3n) is 4.07. The molecule has 0 aliphatic heterocycles. The number of aliphatic hydroxyl groups excluding tert-OH is 1. The van der Waals surface area contributed by atoms with Crippen LogP contribution in [0.4, 0.5) is 17.6 Å². The number of nitriles is 1. The molecule has 2 aromatic carbocycles. The summed E-state index contributed by atoms with van der Waals surface area (Å²) in [5, 5.41) is 18.7. The number of halogens is 4. The highest BCUT2D eigenvalue weighted by molar-refractivity contribution is 7.78. The number of hydrogen-bond acceptors (Lipinski definition) is 5. The lowest BCUT2D eigenvalue weighted by Gasteiger charge is -2.17. The van der Waals surface area contributed by atoms with Crippen molar-refractivity contribution in [1.82, 2.24) is 0 Å². The highest BCUT2D eigenvalue weighted by atomic mass is 32.2. The summed E-state index contributed by atoms with van der Waals surface area (Å²) in [6, 6.07) is 6.74. The highest BCUT2D eigenvalue weighted by Gasteiger charge is 2.58. The maximum atomic E-state index is 14.4. The Kier molecular flexibility index (Phi) is 4.94. The summed E-state index contributed by atoms with van der Waals surface area (Å²) in [4.78, 5) is 0. The van der Waals surface area contributed by atoms with Crippen molar-refractivity contribution in [3.05, 3.63) is 58.4 Å². The number of benzene rings is 2. The Labute approximate surface area is 153 Å². The minimum Gasteiger partial charge on any atom is -0.772 e. The molecule has 27 heavy (non-hydrogen) atoms. The molecule has 10 heteroatoms. The number of nitrogens with zero attached hydrogens (tertiary/aromatic N) is 1. The zero-order valence-electron chi connectivity index (χ0n) is 13.3. The number of alkyl halides is 3. The molecule has 142 valence electrons. The quantitative estimate of drug-likeness (QED) is 0.626. The fourth-order valence-electron chi connectivity index (χ4n) is 2.92. The van der Waals surface area contributed by atoms with Crippen LogP contribution in [0.5, 0.6) is 11.5 Å². The van der Waals surface area contributed by atoms with Crippen LogP contribution in [0.15, 0.2) is 30.3 Å². The first-order chi connectivity index (χ1) is 12.6. The van der Waals surface area contributed by atoms with Gasteiger partial charge in [0.25, 0.3) is 0 Å². The van der Waals surface area contributed by atoms with E-state index in [9.17, 15) is 31.4 Å². The van der Waals surface area contributed by atoms with Gasteiger partial charge in [0.1, 0.15) is 23.4 Å². The standard InChI is InChI=1S/C17H11F4NO4S/c18-10-3-8(6-22)4-11(5-10)26-12-2-1-9(7-27(24)25)13-14(12)15(19)17(20,21)16(13)23/h1-5,15-16,23H,7H2,(H,24,25)/p-1/t15-,16+/m1/s1. The molecule has 0 fully saturated rings. The predicted octanol–water partition coefficient (Wildman–Crippen LogP) is 3.56. The Bertz CT molecular complexity index is 976. The molecule has 0 amide bonds. The molecule has 0 bridgehead atoms. The molecule has 0 heterocycles. The molecular weight excluding hydrogens is 390 g/mol. The first-order valence-electron chi connectivity index (χ1n) is 7.45. The highest BCUT2D eigenvalue weighted by Crippen LogP contribution is 2.56.